The van der Waals surface area contributed by atoms with Gasteiger partial charge in [-0.25, -0.2) is 0 Å². The first-order chi connectivity index (χ1) is 15.2. The molecule has 2 aliphatic rings. The molecule has 0 radical (unpaired) electrons. The third-order valence-electron chi connectivity index (χ3n) is 6.26. The van der Waals surface area contributed by atoms with Gasteiger partial charge in [0.05, 0.1) is 10.8 Å². The predicted molar refractivity (Wildman–Crippen MR) is 121 cm³/mol. The van der Waals surface area contributed by atoms with Crippen LogP contribution >= 0.6 is 0 Å². The Labute approximate surface area is 193 Å². The molecule has 0 bridgehead atoms. The van der Waals surface area contributed by atoms with Crippen molar-refractivity contribution >= 4 is 23.1 Å². The highest BCUT2D eigenvalue weighted by molar-refractivity contribution is 6.25. The second-order valence-electron chi connectivity index (χ2n) is 9.53. The molecule has 0 aromatic rings. The lowest BCUT2D eigenvalue weighted by Crippen LogP contribution is -2.38. The predicted octanol–water partition coefficient (Wildman–Crippen LogP) is 4.58. The van der Waals surface area contributed by atoms with Gasteiger partial charge in [-0.3, -0.25) is 19.2 Å². The zero-order valence-corrected chi connectivity index (χ0v) is 20.0. The molecule has 0 heterocycles. The Balaban J connectivity index is 2.76. The van der Waals surface area contributed by atoms with Crippen molar-refractivity contribution in [2.24, 2.45) is 10.8 Å². The molecular weight excluding hydrogens is 428 g/mol. The van der Waals surface area contributed by atoms with Crippen LogP contribution in [0.4, 0.5) is 0 Å². The van der Waals surface area contributed by atoms with E-state index in [4.69, 9.17) is 0 Å². The first kappa shape index (κ1) is 26.1. The van der Waals surface area contributed by atoms with E-state index in [9.17, 15) is 39.6 Å². The maximum Gasteiger partial charge on any atom is 0.183 e. The minimum Gasteiger partial charge on any atom is -0.511 e. The molecule has 0 atom stereocenters. The second kappa shape index (κ2) is 9.00. The fourth-order valence-electron chi connectivity index (χ4n) is 4.07. The highest BCUT2D eigenvalue weighted by Crippen LogP contribution is 2.46. The molecule has 0 fully saturated rings. The molecule has 0 aliphatic heterocycles. The number of carbonyl (C=O) groups is 4. The fraction of sp³-hybridized carbons (Fsp3) is 0.520. The number of hydrogen-bond donors (Lipinski definition) is 4. The average Bonchev–Trinajstić information content (AvgIpc) is 2.72. The number of aliphatic hydroxyl groups is 4. The quantitative estimate of drug-likeness (QED) is 0.385. The topological polar surface area (TPSA) is 149 Å². The number of carbonyl (C=O) groups excluding carboxylic acids is 4. The molecule has 0 unspecified atom stereocenters. The molecule has 8 heteroatoms. The van der Waals surface area contributed by atoms with Crippen molar-refractivity contribution in [3.05, 3.63) is 45.3 Å². The standard InChI is InChI=1S/C25H32O8/c1-7-9-14(26)16-18(28)12(20(30)24(3,4)22(16)32)11-13-19(29)17(15(27)10-8-2)23(33)25(5,6)21(13)31/h28-31H,7-11H2,1-6H3. The Morgan fingerprint density at radius 3 is 1.24 bits per heavy atom. The Kier molecular flexibility index (Phi) is 7.12. The smallest absolute Gasteiger partial charge is 0.183 e. The molecule has 0 spiro atoms. The van der Waals surface area contributed by atoms with Crippen molar-refractivity contribution in [2.45, 2.75) is 73.6 Å². The molecule has 0 amide bonds. The van der Waals surface area contributed by atoms with Gasteiger partial charge in [0, 0.05) is 30.4 Å². The van der Waals surface area contributed by atoms with Gasteiger partial charge in [-0.05, 0) is 40.5 Å². The van der Waals surface area contributed by atoms with Crippen molar-refractivity contribution in [2.75, 3.05) is 0 Å². The van der Waals surface area contributed by atoms with Gasteiger partial charge in [-0.15, -0.1) is 0 Å². The van der Waals surface area contributed by atoms with Gasteiger partial charge in [0.2, 0.25) is 0 Å². The lowest BCUT2D eigenvalue weighted by molar-refractivity contribution is -0.128. The maximum absolute atomic E-state index is 12.9. The van der Waals surface area contributed by atoms with Crippen LogP contribution in [-0.2, 0) is 19.2 Å². The molecule has 33 heavy (non-hydrogen) atoms. The van der Waals surface area contributed by atoms with Gasteiger partial charge in [0.1, 0.15) is 34.2 Å². The van der Waals surface area contributed by atoms with Crippen molar-refractivity contribution in [1.82, 2.24) is 0 Å². The van der Waals surface area contributed by atoms with Gasteiger partial charge in [0.15, 0.2) is 23.1 Å². The fourth-order valence-corrected chi connectivity index (χ4v) is 4.07. The molecule has 4 N–H and O–H groups in total. The van der Waals surface area contributed by atoms with Gasteiger partial charge in [-0.2, -0.15) is 0 Å². The van der Waals surface area contributed by atoms with E-state index in [-0.39, 0.29) is 24.0 Å². The van der Waals surface area contributed by atoms with E-state index in [1.807, 2.05) is 0 Å². The van der Waals surface area contributed by atoms with Gasteiger partial charge in [-0.1, -0.05) is 13.8 Å². The Hall–Kier alpha value is -3.16. The van der Waals surface area contributed by atoms with Gasteiger partial charge >= 0.3 is 0 Å². The maximum atomic E-state index is 12.9. The average molecular weight is 461 g/mol. The normalized spacial score (nSPS) is 20.7. The zero-order chi connectivity index (χ0) is 25.5. The number of rotatable bonds is 8. The summed E-state index contributed by atoms with van der Waals surface area (Å²) >= 11 is 0. The molecule has 2 rings (SSSR count). The minimum atomic E-state index is -1.54. The lowest BCUT2D eigenvalue weighted by atomic mass is 9.70. The summed E-state index contributed by atoms with van der Waals surface area (Å²) in [5.41, 5.74) is -4.47. The number of allylic oxidation sites excluding steroid dienone is 6. The monoisotopic (exact) mass is 460 g/mol. The van der Waals surface area contributed by atoms with E-state index in [0.717, 1.165) is 0 Å². The van der Waals surface area contributed by atoms with Crippen LogP contribution in [0.15, 0.2) is 45.3 Å². The van der Waals surface area contributed by atoms with Crippen LogP contribution < -0.4 is 0 Å². The number of ketones is 4. The summed E-state index contributed by atoms with van der Waals surface area (Å²) in [5, 5.41) is 43.3. The largest absolute Gasteiger partial charge is 0.511 e. The number of aliphatic hydroxyl groups excluding tert-OH is 4. The zero-order valence-electron chi connectivity index (χ0n) is 20.0. The minimum absolute atomic E-state index is 0.00551. The van der Waals surface area contributed by atoms with Crippen LogP contribution in [0.25, 0.3) is 0 Å². The summed E-state index contributed by atoms with van der Waals surface area (Å²) < 4.78 is 0. The van der Waals surface area contributed by atoms with E-state index in [0.29, 0.717) is 12.8 Å². The summed E-state index contributed by atoms with van der Waals surface area (Å²) in [6.07, 6.45) is 0.373. The van der Waals surface area contributed by atoms with Crippen LogP contribution in [-0.4, -0.2) is 43.6 Å². The van der Waals surface area contributed by atoms with Crippen LogP contribution in [0.2, 0.25) is 0 Å². The second-order valence-corrected chi connectivity index (χ2v) is 9.53. The summed E-state index contributed by atoms with van der Waals surface area (Å²) in [6, 6.07) is 0. The van der Waals surface area contributed by atoms with Crippen molar-refractivity contribution < 1.29 is 39.6 Å². The van der Waals surface area contributed by atoms with E-state index < -0.39 is 74.6 Å². The van der Waals surface area contributed by atoms with E-state index in [1.165, 1.54) is 27.7 Å². The lowest BCUT2D eigenvalue weighted by Gasteiger charge is -2.34. The third kappa shape index (κ3) is 4.14. The summed E-state index contributed by atoms with van der Waals surface area (Å²) in [7, 11) is 0. The summed E-state index contributed by atoms with van der Waals surface area (Å²) in [5.74, 6) is -5.18. The Morgan fingerprint density at radius 1 is 0.667 bits per heavy atom. The summed E-state index contributed by atoms with van der Waals surface area (Å²) in [6.45, 7) is 9.05. The number of Topliss-reactive ketones (excluding diaryl/α,β-unsaturated/α-hetero) is 4. The molecular formula is C25H32O8. The van der Waals surface area contributed by atoms with Gasteiger partial charge < -0.3 is 20.4 Å². The Bertz CT molecular complexity index is 976. The molecule has 180 valence electrons. The Morgan fingerprint density at radius 2 is 0.970 bits per heavy atom. The molecule has 2 aliphatic carbocycles. The van der Waals surface area contributed by atoms with E-state index in [1.54, 1.807) is 13.8 Å². The van der Waals surface area contributed by atoms with Crippen LogP contribution in [0.5, 0.6) is 0 Å². The van der Waals surface area contributed by atoms with E-state index >= 15 is 0 Å². The first-order valence-electron chi connectivity index (χ1n) is 11.0. The van der Waals surface area contributed by atoms with Crippen molar-refractivity contribution in [1.29, 1.82) is 0 Å². The van der Waals surface area contributed by atoms with Gasteiger partial charge in [0.25, 0.3) is 0 Å². The van der Waals surface area contributed by atoms with Crippen LogP contribution in [0.1, 0.15) is 73.6 Å². The SMILES string of the molecule is CCCC(=O)C1=C(O)C(CC2=C(O)C(C)(C)C(=O)C(C(=O)CCC)=C2O)=C(O)C(C)(C)C1=O. The highest BCUT2D eigenvalue weighted by Gasteiger charge is 2.48. The first-order valence-corrected chi connectivity index (χ1v) is 11.0. The van der Waals surface area contributed by atoms with E-state index in [2.05, 4.69) is 0 Å². The van der Waals surface area contributed by atoms with Crippen LogP contribution in [0, 0.1) is 10.8 Å². The molecule has 0 saturated heterocycles. The summed E-state index contributed by atoms with van der Waals surface area (Å²) in [4.78, 5) is 50.9. The third-order valence-corrected chi connectivity index (χ3v) is 6.26. The molecule has 0 saturated carbocycles. The molecule has 8 nitrogen and oxygen atoms in total. The number of hydrogen-bond acceptors (Lipinski definition) is 8. The van der Waals surface area contributed by atoms with Crippen LogP contribution in [0.3, 0.4) is 0 Å². The molecule has 0 aromatic heterocycles. The highest BCUT2D eigenvalue weighted by atomic mass is 16.3. The molecule has 0 aromatic carbocycles. The van der Waals surface area contributed by atoms with Crippen molar-refractivity contribution in [3.8, 4) is 0 Å². The van der Waals surface area contributed by atoms with Crippen molar-refractivity contribution in [3.63, 3.8) is 0 Å².